The molecule has 1 aliphatic rings. The smallest absolute Gasteiger partial charge is 0.303 e. The summed E-state index contributed by atoms with van der Waals surface area (Å²) in [6, 6.07) is 0.396. The summed E-state index contributed by atoms with van der Waals surface area (Å²) < 4.78 is 0. The summed E-state index contributed by atoms with van der Waals surface area (Å²) in [6.45, 7) is 8.84. The zero-order chi connectivity index (χ0) is 12.8. The van der Waals surface area contributed by atoms with Crippen LogP contribution in [0.3, 0.4) is 0 Å². The molecule has 1 aliphatic heterocycles. The first-order chi connectivity index (χ1) is 7.99. The van der Waals surface area contributed by atoms with E-state index in [1.165, 1.54) is 6.42 Å². The molecule has 1 unspecified atom stereocenters. The van der Waals surface area contributed by atoms with Gasteiger partial charge in [-0.2, -0.15) is 0 Å². The van der Waals surface area contributed by atoms with Crippen LogP contribution in [0.4, 0.5) is 0 Å². The number of rotatable bonds is 5. The van der Waals surface area contributed by atoms with E-state index in [1.54, 1.807) is 0 Å². The van der Waals surface area contributed by atoms with Crippen LogP contribution in [0.1, 0.15) is 33.1 Å². The Kier molecular flexibility index (Phi) is 5.92. The van der Waals surface area contributed by atoms with Crippen LogP contribution in [0.2, 0.25) is 0 Å². The topological polar surface area (TPSA) is 43.8 Å². The molecule has 1 fully saturated rings. The van der Waals surface area contributed by atoms with E-state index in [1.807, 2.05) is 0 Å². The number of carboxylic acids is 1. The lowest BCUT2D eigenvalue weighted by atomic mass is 10.1. The minimum absolute atomic E-state index is 0.282. The van der Waals surface area contributed by atoms with Gasteiger partial charge in [-0.15, -0.1) is 0 Å². The van der Waals surface area contributed by atoms with Crippen molar-refractivity contribution in [2.24, 2.45) is 5.92 Å². The Morgan fingerprint density at radius 3 is 2.71 bits per heavy atom. The lowest BCUT2D eigenvalue weighted by Gasteiger charge is -2.29. The van der Waals surface area contributed by atoms with Crippen molar-refractivity contribution >= 4 is 5.97 Å². The van der Waals surface area contributed by atoms with Gasteiger partial charge in [-0.05, 0) is 38.9 Å². The number of carboxylic acid groups (broad SMARTS) is 1. The largest absolute Gasteiger partial charge is 0.481 e. The molecule has 1 N–H and O–H groups in total. The average molecular weight is 242 g/mol. The maximum atomic E-state index is 10.7. The molecule has 4 nitrogen and oxygen atoms in total. The highest BCUT2D eigenvalue weighted by Crippen LogP contribution is 2.14. The molecular formula is C13H26N2O2. The maximum absolute atomic E-state index is 10.7. The highest BCUT2D eigenvalue weighted by atomic mass is 16.4. The zero-order valence-electron chi connectivity index (χ0n) is 11.4. The van der Waals surface area contributed by atoms with E-state index in [9.17, 15) is 4.79 Å². The Bertz CT molecular complexity index is 244. The Balaban J connectivity index is 2.49. The summed E-state index contributed by atoms with van der Waals surface area (Å²) in [5.74, 6) is -0.00316. The molecule has 0 bridgehead atoms. The van der Waals surface area contributed by atoms with Gasteiger partial charge in [0.15, 0.2) is 0 Å². The first-order valence-corrected chi connectivity index (χ1v) is 6.63. The number of hydrogen-bond donors (Lipinski definition) is 1. The molecule has 4 heteroatoms. The van der Waals surface area contributed by atoms with Gasteiger partial charge in [-0.3, -0.25) is 4.79 Å². The molecule has 100 valence electrons. The molecule has 1 saturated heterocycles. The van der Waals surface area contributed by atoms with E-state index in [2.05, 4.69) is 30.7 Å². The van der Waals surface area contributed by atoms with E-state index < -0.39 is 5.97 Å². The molecule has 0 radical (unpaired) electrons. The van der Waals surface area contributed by atoms with Gasteiger partial charge < -0.3 is 14.9 Å². The summed E-state index contributed by atoms with van der Waals surface area (Å²) in [4.78, 5) is 15.5. The third-order valence-corrected chi connectivity index (χ3v) is 3.39. The third-order valence-electron chi connectivity index (χ3n) is 3.39. The van der Waals surface area contributed by atoms with E-state index in [0.717, 1.165) is 32.6 Å². The van der Waals surface area contributed by atoms with Gasteiger partial charge >= 0.3 is 5.97 Å². The molecule has 0 aromatic rings. The summed E-state index contributed by atoms with van der Waals surface area (Å²) in [6.07, 6.45) is 2.23. The average Bonchev–Trinajstić information content (AvgIpc) is 2.37. The Hall–Kier alpha value is -0.610. The van der Waals surface area contributed by atoms with Crippen LogP contribution in [0.25, 0.3) is 0 Å². The van der Waals surface area contributed by atoms with Gasteiger partial charge in [0, 0.05) is 25.6 Å². The molecule has 0 amide bonds. The Morgan fingerprint density at radius 2 is 2.12 bits per heavy atom. The van der Waals surface area contributed by atoms with Crippen LogP contribution in [-0.2, 0) is 4.79 Å². The number of carbonyl (C=O) groups is 1. The molecule has 1 atom stereocenters. The summed E-state index contributed by atoms with van der Waals surface area (Å²) in [5.41, 5.74) is 0. The third kappa shape index (κ3) is 5.50. The minimum Gasteiger partial charge on any atom is -0.481 e. The predicted octanol–water partition coefficient (Wildman–Crippen LogP) is 1.51. The standard InChI is InChI=1S/C13H26N2O2/c1-11(2)9-15-8-4-7-14(3)12(10-15)5-6-13(16)17/h11-12H,4-10H2,1-3H3,(H,16,17). The zero-order valence-corrected chi connectivity index (χ0v) is 11.4. The maximum Gasteiger partial charge on any atom is 0.303 e. The van der Waals surface area contributed by atoms with Crippen molar-refractivity contribution in [2.45, 2.75) is 39.2 Å². The van der Waals surface area contributed by atoms with E-state index in [4.69, 9.17) is 5.11 Å². The molecule has 17 heavy (non-hydrogen) atoms. The quantitative estimate of drug-likeness (QED) is 0.794. The molecule has 0 aromatic carbocycles. The number of nitrogens with zero attached hydrogens (tertiary/aromatic N) is 2. The molecule has 1 heterocycles. The van der Waals surface area contributed by atoms with Crippen molar-refractivity contribution in [3.05, 3.63) is 0 Å². The van der Waals surface area contributed by atoms with Crippen molar-refractivity contribution < 1.29 is 9.90 Å². The molecule has 0 spiro atoms. The second-order valence-electron chi connectivity index (χ2n) is 5.57. The van der Waals surface area contributed by atoms with Crippen molar-refractivity contribution in [3.8, 4) is 0 Å². The second kappa shape index (κ2) is 6.97. The number of aliphatic carboxylic acids is 1. The van der Waals surface area contributed by atoms with Gasteiger partial charge in [0.05, 0.1) is 0 Å². The van der Waals surface area contributed by atoms with E-state index in [-0.39, 0.29) is 6.42 Å². The van der Waals surface area contributed by atoms with Gasteiger partial charge in [0.25, 0.3) is 0 Å². The van der Waals surface area contributed by atoms with Crippen LogP contribution in [0.5, 0.6) is 0 Å². The van der Waals surface area contributed by atoms with Crippen LogP contribution in [0.15, 0.2) is 0 Å². The lowest BCUT2D eigenvalue weighted by molar-refractivity contribution is -0.137. The Morgan fingerprint density at radius 1 is 1.41 bits per heavy atom. The van der Waals surface area contributed by atoms with Gasteiger partial charge in [0.2, 0.25) is 0 Å². The fourth-order valence-corrected chi connectivity index (χ4v) is 2.54. The van der Waals surface area contributed by atoms with Gasteiger partial charge in [-0.25, -0.2) is 0 Å². The Labute approximate surface area is 105 Å². The highest BCUT2D eigenvalue weighted by Gasteiger charge is 2.22. The van der Waals surface area contributed by atoms with Crippen LogP contribution in [0, 0.1) is 5.92 Å². The molecule has 0 aromatic heterocycles. The fraction of sp³-hybridized carbons (Fsp3) is 0.923. The minimum atomic E-state index is -0.682. The van der Waals surface area contributed by atoms with Crippen LogP contribution in [-0.4, -0.2) is 60.1 Å². The van der Waals surface area contributed by atoms with Crippen molar-refractivity contribution in [2.75, 3.05) is 33.2 Å². The summed E-state index contributed by atoms with van der Waals surface area (Å²) in [7, 11) is 2.12. The number of hydrogen-bond acceptors (Lipinski definition) is 3. The molecule has 0 aliphatic carbocycles. The SMILES string of the molecule is CC(C)CN1CCCN(C)C(CCC(=O)O)C1. The first-order valence-electron chi connectivity index (χ1n) is 6.63. The second-order valence-corrected chi connectivity index (χ2v) is 5.57. The van der Waals surface area contributed by atoms with E-state index >= 15 is 0 Å². The van der Waals surface area contributed by atoms with Crippen molar-refractivity contribution in [1.82, 2.24) is 9.80 Å². The van der Waals surface area contributed by atoms with E-state index in [0.29, 0.717) is 12.0 Å². The van der Waals surface area contributed by atoms with Gasteiger partial charge in [0.1, 0.15) is 0 Å². The van der Waals surface area contributed by atoms with Crippen molar-refractivity contribution in [1.29, 1.82) is 0 Å². The normalized spacial score (nSPS) is 23.9. The predicted molar refractivity (Wildman–Crippen MR) is 69.2 cm³/mol. The van der Waals surface area contributed by atoms with Crippen LogP contribution >= 0.6 is 0 Å². The highest BCUT2D eigenvalue weighted by molar-refractivity contribution is 5.66. The fourth-order valence-electron chi connectivity index (χ4n) is 2.54. The summed E-state index contributed by atoms with van der Waals surface area (Å²) >= 11 is 0. The molecule has 0 saturated carbocycles. The lowest BCUT2D eigenvalue weighted by Crippen LogP contribution is -2.40. The van der Waals surface area contributed by atoms with Gasteiger partial charge in [-0.1, -0.05) is 13.8 Å². The molecule has 1 rings (SSSR count). The number of likely N-dealkylation sites (N-methyl/N-ethyl adjacent to an activating group) is 1. The van der Waals surface area contributed by atoms with Crippen molar-refractivity contribution in [3.63, 3.8) is 0 Å². The van der Waals surface area contributed by atoms with Crippen LogP contribution < -0.4 is 0 Å². The summed E-state index contributed by atoms with van der Waals surface area (Å²) in [5, 5.41) is 8.78. The monoisotopic (exact) mass is 242 g/mol. The molecular weight excluding hydrogens is 216 g/mol. The first kappa shape index (κ1) is 14.5.